The third kappa shape index (κ3) is 3.35. The molecule has 2 aromatic carbocycles. The lowest BCUT2D eigenvalue weighted by atomic mass is 9.98. The van der Waals surface area contributed by atoms with E-state index in [1.807, 2.05) is 0 Å². The zero-order valence-electron chi connectivity index (χ0n) is 14.4. The number of alkyl halides is 3. The molecule has 2 aromatic heterocycles. The molecule has 2 heterocycles. The zero-order chi connectivity index (χ0) is 20.8. The fourth-order valence-corrected chi connectivity index (χ4v) is 2.93. The summed E-state index contributed by atoms with van der Waals surface area (Å²) in [7, 11) is 0. The highest BCUT2D eigenvalue weighted by Gasteiger charge is 2.33. The van der Waals surface area contributed by atoms with Gasteiger partial charge in [0.05, 0.1) is 28.2 Å². The highest BCUT2D eigenvalue weighted by Crippen LogP contribution is 2.37. The third-order valence-electron chi connectivity index (χ3n) is 4.28. The average molecular weight is 400 g/mol. The van der Waals surface area contributed by atoms with Gasteiger partial charge in [0.25, 0.3) is 5.56 Å². The predicted molar refractivity (Wildman–Crippen MR) is 96.9 cm³/mol. The number of fused-ring (bicyclic) bond motifs is 1. The number of hydrogen-bond donors (Lipinski definition) is 2. The number of aromatic carboxylic acids is 1. The summed E-state index contributed by atoms with van der Waals surface area (Å²) in [4.78, 5) is 30.1. The number of hydrogen-bond acceptors (Lipinski definition) is 4. The van der Waals surface area contributed by atoms with Crippen molar-refractivity contribution in [3.8, 4) is 17.1 Å². The van der Waals surface area contributed by atoms with Gasteiger partial charge in [0.2, 0.25) is 5.95 Å². The Morgan fingerprint density at radius 2 is 1.90 bits per heavy atom. The van der Waals surface area contributed by atoms with Crippen LogP contribution in [0.15, 0.2) is 59.7 Å². The van der Waals surface area contributed by atoms with E-state index >= 15 is 0 Å². The maximum absolute atomic E-state index is 13.3. The molecule has 29 heavy (non-hydrogen) atoms. The second-order valence-electron chi connectivity index (χ2n) is 6.14. The maximum Gasteiger partial charge on any atom is 0.417 e. The number of carboxylic acid groups (broad SMARTS) is 1. The topological polar surface area (TPSA) is 101 Å². The van der Waals surface area contributed by atoms with Gasteiger partial charge in [-0.1, -0.05) is 24.3 Å². The quantitative estimate of drug-likeness (QED) is 0.548. The number of halogens is 3. The minimum absolute atomic E-state index is 0.0153. The highest BCUT2D eigenvalue weighted by molar-refractivity contribution is 5.87. The van der Waals surface area contributed by atoms with Crippen LogP contribution >= 0.6 is 0 Å². The summed E-state index contributed by atoms with van der Waals surface area (Å²) in [6, 6.07) is 9.29. The second-order valence-corrected chi connectivity index (χ2v) is 6.14. The summed E-state index contributed by atoms with van der Waals surface area (Å²) in [5.41, 5.74) is -1.10. The normalized spacial score (nSPS) is 11.7. The van der Waals surface area contributed by atoms with Crippen LogP contribution in [-0.2, 0) is 6.18 Å². The van der Waals surface area contributed by atoms with E-state index in [-0.39, 0.29) is 33.5 Å². The standard InChI is InChI=1S/C19H11F3N4O3/c20-19(21,22)14-4-2-1-3-12(14)10-5-6-15-13(7-10)16(27)25-18(24-15)26-9-11(8-23-26)17(28)29/h1-9H,(H,28,29)(H,24,25,27). The van der Waals surface area contributed by atoms with E-state index in [1.54, 1.807) is 0 Å². The largest absolute Gasteiger partial charge is 0.478 e. The summed E-state index contributed by atoms with van der Waals surface area (Å²) in [5.74, 6) is -1.20. The van der Waals surface area contributed by atoms with Gasteiger partial charge in [0.1, 0.15) is 0 Å². The summed E-state index contributed by atoms with van der Waals surface area (Å²) in [6.07, 6.45) is -2.26. The number of benzene rings is 2. The molecule has 0 atom stereocenters. The molecule has 0 aliphatic rings. The molecule has 10 heteroatoms. The van der Waals surface area contributed by atoms with Crippen molar-refractivity contribution in [2.75, 3.05) is 0 Å². The van der Waals surface area contributed by atoms with E-state index in [4.69, 9.17) is 5.11 Å². The van der Waals surface area contributed by atoms with Gasteiger partial charge >= 0.3 is 12.1 Å². The van der Waals surface area contributed by atoms with Gasteiger partial charge < -0.3 is 5.11 Å². The van der Waals surface area contributed by atoms with Crippen molar-refractivity contribution in [2.24, 2.45) is 0 Å². The predicted octanol–water partition coefficient (Wildman–Crippen LogP) is 3.49. The maximum atomic E-state index is 13.3. The molecule has 0 unspecified atom stereocenters. The van der Waals surface area contributed by atoms with Crippen LogP contribution in [0.25, 0.3) is 28.0 Å². The summed E-state index contributed by atoms with van der Waals surface area (Å²) < 4.78 is 41.0. The molecule has 0 aliphatic carbocycles. The van der Waals surface area contributed by atoms with Crippen molar-refractivity contribution in [3.05, 3.63) is 76.3 Å². The van der Waals surface area contributed by atoms with Crippen molar-refractivity contribution < 1.29 is 23.1 Å². The van der Waals surface area contributed by atoms with Gasteiger partial charge in [-0.05, 0) is 29.3 Å². The van der Waals surface area contributed by atoms with Crippen LogP contribution in [0.3, 0.4) is 0 Å². The van der Waals surface area contributed by atoms with E-state index in [9.17, 15) is 22.8 Å². The molecule has 0 fully saturated rings. The number of H-pyrrole nitrogens is 1. The Morgan fingerprint density at radius 1 is 1.14 bits per heavy atom. The Balaban J connectivity index is 1.84. The third-order valence-corrected chi connectivity index (χ3v) is 4.28. The number of nitrogens with zero attached hydrogens (tertiary/aromatic N) is 3. The van der Waals surface area contributed by atoms with Gasteiger partial charge in [0.15, 0.2) is 0 Å². The average Bonchev–Trinajstić information content (AvgIpc) is 3.18. The first-order chi connectivity index (χ1) is 13.7. The fraction of sp³-hybridized carbons (Fsp3) is 0.0526. The van der Waals surface area contributed by atoms with Gasteiger partial charge in [0, 0.05) is 6.20 Å². The van der Waals surface area contributed by atoms with E-state index in [0.717, 1.165) is 16.9 Å². The molecule has 146 valence electrons. The highest BCUT2D eigenvalue weighted by atomic mass is 19.4. The molecule has 0 amide bonds. The minimum Gasteiger partial charge on any atom is -0.478 e. The van der Waals surface area contributed by atoms with Crippen LogP contribution in [0.2, 0.25) is 0 Å². The number of aromatic nitrogens is 4. The van der Waals surface area contributed by atoms with Crippen molar-refractivity contribution in [2.45, 2.75) is 6.18 Å². The van der Waals surface area contributed by atoms with E-state index in [2.05, 4.69) is 15.1 Å². The SMILES string of the molecule is O=C(O)c1cnn(-c2nc3ccc(-c4ccccc4C(F)(F)F)cc3c(=O)[nH]2)c1. The van der Waals surface area contributed by atoms with Crippen LogP contribution in [-0.4, -0.2) is 30.8 Å². The number of nitrogens with one attached hydrogen (secondary N) is 1. The van der Waals surface area contributed by atoms with Crippen LogP contribution in [0.4, 0.5) is 13.2 Å². The van der Waals surface area contributed by atoms with E-state index in [0.29, 0.717) is 0 Å². The van der Waals surface area contributed by atoms with Gasteiger partial charge in [-0.2, -0.15) is 18.3 Å². The molecule has 0 saturated heterocycles. The Kier molecular flexibility index (Phi) is 4.18. The second kappa shape index (κ2) is 6.59. The summed E-state index contributed by atoms with van der Waals surface area (Å²) in [5, 5.41) is 12.9. The first kappa shape index (κ1) is 18.4. The molecular weight excluding hydrogens is 389 g/mol. The fourth-order valence-electron chi connectivity index (χ4n) is 2.93. The zero-order valence-corrected chi connectivity index (χ0v) is 14.4. The van der Waals surface area contributed by atoms with E-state index in [1.165, 1.54) is 42.6 Å². The molecule has 0 radical (unpaired) electrons. The van der Waals surface area contributed by atoms with Gasteiger partial charge in [-0.15, -0.1) is 0 Å². The van der Waals surface area contributed by atoms with Gasteiger partial charge in [-0.25, -0.2) is 14.5 Å². The first-order valence-corrected chi connectivity index (χ1v) is 8.23. The molecule has 0 saturated carbocycles. The summed E-state index contributed by atoms with van der Waals surface area (Å²) in [6.45, 7) is 0. The van der Waals surface area contributed by atoms with Crippen molar-refractivity contribution in [1.29, 1.82) is 0 Å². The van der Waals surface area contributed by atoms with Crippen LogP contribution in [0, 0.1) is 0 Å². The van der Waals surface area contributed by atoms with Crippen molar-refractivity contribution >= 4 is 16.9 Å². The molecular formula is C19H11F3N4O3. The molecule has 0 aliphatic heterocycles. The molecule has 7 nitrogen and oxygen atoms in total. The first-order valence-electron chi connectivity index (χ1n) is 8.23. The molecule has 2 N–H and O–H groups in total. The lowest BCUT2D eigenvalue weighted by molar-refractivity contribution is -0.137. The Morgan fingerprint density at radius 3 is 2.59 bits per heavy atom. The van der Waals surface area contributed by atoms with E-state index < -0.39 is 23.3 Å². The minimum atomic E-state index is -4.54. The smallest absolute Gasteiger partial charge is 0.417 e. The number of carboxylic acids is 1. The summed E-state index contributed by atoms with van der Waals surface area (Å²) >= 11 is 0. The van der Waals surface area contributed by atoms with Crippen molar-refractivity contribution in [3.63, 3.8) is 0 Å². The molecule has 0 bridgehead atoms. The number of carbonyl (C=O) groups is 1. The molecule has 0 spiro atoms. The molecule has 4 aromatic rings. The van der Waals surface area contributed by atoms with Crippen LogP contribution in [0.5, 0.6) is 0 Å². The van der Waals surface area contributed by atoms with Gasteiger partial charge in [-0.3, -0.25) is 9.78 Å². The monoisotopic (exact) mass is 400 g/mol. The lowest BCUT2D eigenvalue weighted by Gasteiger charge is -2.13. The number of rotatable bonds is 3. The van der Waals surface area contributed by atoms with Crippen molar-refractivity contribution in [1.82, 2.24) is 19.7 Å². The molecule has 4 rings (SSSR count). The van der Waals surface area contributed by atoms with Crippen LogP contribution in [0.1, 0.15) is 15.9 Å². The Hall–Kier alpha value is -3.95. The number of aromatic amines is 1. The Bertz CT molecular complexity index is 1310. The lowest BCUT2D eigenvalue weighted by Crippen LogP contribution is -2.14. The Labute approximate surface area is 160 Å². The van der Waals surface area contributed by atoms with Crippen LogP contribution < -0.4 is 5.56 Å².